The molecule has 21 heavy (non-hydrogen) atoms. The smallest absolute Gasteiger partial charge is 0.406 e. The summed E-state index contributed by atoms with van der Waals surface area (Å²) in [4.78, 5) is 34.6. The maximum atomic E-state index is 12.2. The van der Waals surface area contributed by atoms with Gasteiger partial charge in [0, 0.05) is 19.4 Å². The Morgan fingerprint density at radius 2 is 1.95 bits per heavy atom. The molecular weight excluding hydrogens is 293 g/mol. The van der Waals surface area contributed by atoms with Crippen LogP contribution >= 0.6 is 0 Å². The highest BCUT2D eigenvalue weighted by Crippen LogP contribution is 2.22. The van der Waals surface area contributed by atoms with Gasteiger partial charge in [0.25, 0.3) is 0 Å². The Kier molecular flexibility index (Phi) is 4.85. The maximum absolute atomic E-state index is 12.2. The second-order valence-electron chi connectivity index (χ2n) is 5.72. The van der Waals surface area contributed by atoms with Gasteiger partial charge in [-0.15, -0.1) is 0 Å². The number of halogens is 3. The number of carboxylic acid groups (broad SMARTS) is 1. The molecule has 6 nitrogen and oxygen atoms in total. The molecule has 0 spiro atoms. The van der Waals surface area contributed by atoms with Crippen LogP contribution in [0.4, 0.5) is 13.2 Å². The second kappa shape index (κ2) is 5.90. The normalized spacial score (nSPS) is 19.8. The number of nitrogens with zero attached hydrogens (tertiary/aromatic N) is 1. The number of rotatable bonds is 5. The molecule has 0 radical (unpaired) electrons. The first-order chi connectivity index (χ1) is 9.40. The fraction of sp³-hybridized carbons (Fsp3) is 0.750. The Morgan fingerprint density at radius 3 is 2.43 bits per heavy atom. The topological polar surface area (TPSA) is 86.7 Å². The number of hydrogen-bond acceptors (Lipinski definition) is 3. The summed E-state index contributed by atoms with van der Waals surface area (Å²) >= 11 is 0. The minimum atomic E-state index is -4.49. The molecule has 1 aliphatic heterocycles. The van der Waals surface area contributed by atoms with Gasteiger partial charge >= 0.3 is 12.1 Å². The summed E-state index contributed by atoms with van der Waals surface area (Å²) in [6, 6.07) is -0.725. The fourth-order valence-corrected chi connectivity index (χ4v) is 1.99. The largest absolute Gasteiger partial charge is 0.481 e. The van der Waals surface area contributed by atoms with Crippen LogP contribution in [0.3, 0.4) is 0 Å². The number of carbonyl (C=O) groups is 3. The summed E-state index contributed by atoms with van der Waals surface area (Å²) in [5.41, 5.74) is -1.28. The first-order valence-electron chi connectivity index (χ1n) is 6.28. The zero-order valence-electron chi connectivity index (χ0n) is 11.7. The van der Waals surface area contributed by atoms with Crippen molar-refractivity contribution in [3.8, 4) is 0 Å². The summed E-state index contributed by atoms with van der Waals surface area (Å²) in [7, 11) is 0. The lowest BCUT2D eigenvalue weighted by Crippen LogP contribution is -2.41. The molecule has 1 aliphatic rings. The number of nitrogens with one attached hydrogen (secondary N) is 1. The lowest BCUT2D eigenvalue weighted by molar-refractivity contribution is -0.157. The van der Waals surface area contributed by atoms with Crippen molar-refractivity contribution >= 4 is 17.8 Å². The number of hydrogen-bond donors (Lipinski definition) is 2. The molecule has 0 bridgehead atoms. The van der Waals surface area contributed by atoms with Crippen LogP contribution in [-0.2, 0) is 14.4 Å². The summed E-state index contributed by atoms with van der Waals surface area (Å²) in [5, 5.41) is 11.3. The Hall–Kier alpha value is -1.80. The maximum Gasteiger partial charge on any atom is 0.406 e. The number of likely N-dealkylation sites (tertiary alicyclic amines) is 1. The van der Waals surface area contributed by atoms with Crippen molar-refractivity contribution < 1.29 is 32.7 Å². The average molecular weight is 310 g/mol. The van der Waals surface area contributed by atoms with Crippen molar-refractivity contribution in [2.75, 3.05) is 13.1 Å². The molecule has 1 saturated heterocycles. The summed E-state index contributed by atoms with van der Waals surface area (Å²) in [6.45, 7) is 1.16. The standard InChI is InChI=1S/C12H17F3N2O4/c1-11(2,10(20)21)4-8(18)16-7-3-9(19)17(5-7)6-12(13,14)15/h7H,3-6H2,1-2H3,(H,16,18)(H,20,21). The van der Waals surface area contributed by atoms with Crippen LogP contribution in [-0.4, -0.2) is 53.1 Å². The van der Waals surface area contributed by atoms with Crippen molar-refractivity contribution in [2.45, 2.75) is 38.9 Å². The van der Waals surface area contributed by atoms with E-state index in [0.29, 0.717) is 4.90 Å². The van der Waals surface area contributed by atoms with E-state index in [1.807, 2.05) is 0 Å². The minimum Gasteiger partial charge on any atom is -0.481 e. The molecule has 2 N–H and O–H groups in total. The first kappa shape index (κ1) is 17.3. The number of alkyl halides is 3. The Bertz CT molecular complexity index is 448. The van der Waals surface area contributed by atoms with E-state index in [0.717, 1.165) is 0 Å². The molecule has 1 fully saturated rings. The van der Waals surface area contributed by atoms with Crippen LogP contribution in [0, 0.1) is 5.41 Å². The van der Waals surface area contributed by atoms with Crippen molar-refractivity contribution in [1.29, 1.82) is 0 Å². The quantitative estimate of drug-likeness (QED) is 0.785. The molecule has 120 valence electrons. The summed E-state index contributed by atoms with van der Waals surface area (Å²) in [5.74, 6) is -2.44. The predicted octanol–water partition coefficient (Wildman–Crippen LogP) is 0.767. The minimum absolute atomic E-state index is 0.213. The van der Waals surface area contributed by atoms with Crippen molar-refractivity contribution in [3.63, 3.8) is 0 Å². The Balaban J connectivity index is 2.52. The zero-order valence-corrected chi connectivity index (χ0v) is 11.7. The lowest BCUT2D eigenvalue weighted by atomic mass is 9.89. The third-order valence-corrected chi connectivity index (χ3v) is 3.13. The highest BCUT2D eigenvalue weighted by atomic mass is 19.4. The van der Waals surface area contributed by atoms with E-state index in [4.69, 9.17) is 5.11 Å². The molecule has 1 atom stereocenters. The highest BCUT2D eigenvalue weighted by molar-refractivity contribution is 5.86. The molecule has 0 aromatic carbocycles. The van der Waals surface area contributed by atoms with Gasteiger partial charge in [-0.2, -0.15) is 13.2 Å². The average Bonchev–Trinajstić information content (AvgIpc) is 2.54. The van der Waals surface area contributed by atoms with Gasteiger partial charge in [-0.25, -0.2) is 0 Å². The SMILES string of the molecule is CC(C)(CC(=O)NC1CC(=O)N(CC(F)(F)F)C1)C(=O)O. The van der Waals surface area contributed by atoms with Crippen LogP contribution in [0.1, 0.15) is 26.7 Å². The van der Waals surface area contributed by atoms with E-state index in [9.17, 15) is 27.6 Å². The molecule has 9 heteroatoms. The third-order valence-electron chi connectivity index (χ3n) is 3.13. The van der Waals surface area contributed by atoms with Crippen LogP contribution in [0.2, 0.25) is 0 Å². The molecule has 0 aliphatic carbocycles. The van der Waals surface area contributed by atoms with E-state index in [-0.39, 0.29) is 19.4 Å². The van der Waals surface area contributed by atoms with E-state index in [2.05, 4.69) is 5.32 Å². The summed E-state index contributed by atoms with van der Waals surface area (Å²) in [6.07, 6.45) is -5.01. The van der Waals surface area contributed by atoms with Crippen molar-refractivity contribution in [2.24, 2.45) is 5.41 Å². The van der Waals surface area contributed by atoms with Crippen LogP contribution in [0.15, 0.2) is 0 Å². The molecule has 0 aromatic rings. The first-order valence-corrected chi connectivity index (χ1v) is 6.28. The second-order valence-corrected chi connectivity index (χ2v) is 5.72. The molecular formula is C12H17F3N2O4. The number of carboxylic acids is 1. The van der Waals surface area contributed by atoms with E-state index in [1.54, 1.807) is 0 Å². The van der Waals surface area contributed by atoms with Gasteiger partial charge in [0.15, 0.2) is 0 Å². The van der Waals surface area contributed by atoms with E-state index in [1.165, 1.54) is 13.8 Å². The molecule has 1 rings (SSSR count). The molecule has 0 aromatic heterocycles. The van der Waals surface area contributed by atoms with Crippen molar-refractivity contribution in [1.82, 2.24) is 10.2 Å². The highest BCUT2D eigenvalue weighted by Gasteiger charge is 2.39. The molecule has 0 saturated carbocycles. The number of amides is 2. The number of carbonyl (C=O) groups excluding carboxylic acids is 2. The van der Waals surface area contributed by atoms with Crippen LogP contribution < -0.4 is 5.32 Å². The van der Waals surface area contributed by atoms with Crippen molar-refractivity contribution in [3.05, 3.63) is 0 Å². The van der Waals surface area contributed by atoms with Gasteiger partial charge in [0.05, 0.1) is 11.5 Å². The van der Waals surface area contributed by atoms with Crippen LogP contribution in [0.25, 0.3) is 0 Å². The van der Waals surface area contributed by atoms with Gasteiger partial charge in [-0.1, -0.05) is 0 Å². The zero-order chi connectivity index (χ0) is 16.4. The fourth-order valence-electron chi connectivity index (χ4n) is 1.99. The van der Waals surface area contributed by atoms with E-state index < -0.39 is 42.0 Å². The van der Waals surface area contributed by atoms with Gasteiger partial charge in [0.1, 0.15) is 6.54 Å². The monoisotopic (exact) mass is 310 g/mol. The van der Waals surface area contributed by atoms with E-state index >= 15 is 0 Å². The van der Waals surface area contributed by atoms with Gasteiger partial charge < -0.3 is 15.3 Å². The predicted molar refractivity (Wildman–Crippen MR) is 65.2 cm³/mol. The Labute approximate surface area is 119 Å². The number of aliphatic carboxylic acids is 1. The van der Waals surface area contributed by atoms with Gasteiger partial charge in [-0.05, 0) is 13.8 Å². The van der Waals surface area contributed by atoms with Crippen LogP contribution in [0.5, 0.6) is 0 Å². The molecule has 2 amide bonds. The molecule has 1 unspecified atom stereocenters. The summed E-state index contributed by atoms with van der Waals surface area (Å²) < 4.78 is 36.7. The van der Waals surface area contributed by atoms with Gasteiger partial charge in [-0.3, -0.25) is 14.4 Å². The van der Waals surface area contributed by atoms with Gasteiger partial charge in [0.2, 0.25) is 11.8 Å². The Morgan fingerprint density at radius 1 is 1.38 bits per heavy atom. The third kappa shape index (κ3) is 5.24. The molecule has 1 heterocycles. The lowest BCUT2D eigenvalue weighted by Gasteiger charge is -2.21.